The Balaban J connectivity index is 2.67. The summed E-state index contributed by atoms with van der Waals surface area (Å²) in [6, 6.07) is 7.32. The van der Waals surface area contributed by atoms with Crippen molar-refractivity contribution in [2.24, 2.45) is 0 Å². The van der Waals surface area contributed by atoms with E-state index in [-0.39, 0.29) is 5.65 Å². The topological polar surface area (TPSA) is 43.1 Å². The van der Waals surface area contributed by atoms with Gasteiger partial charge in [0.25, 0.3) is 5.95 Å². The van der Waals surface area contributed by atoms with E-state index in [1.165, 1.54) is 0 Å². The van der Waals surface area contributed by atoms with E-state index in [0.29, 0.717) is 11.3 Å². The van der Waals surface area contributed by atoms with E-state index < -0.39 is 5.95 Å². The summed E-state index contributed by atoms with van der Waals surface area (Å²) < 4.78 is 15.2. The number of aryl methyl sites for hydroxylation is 1. The molecule has 0 saturated carbocycles. The van der Waals surface area contributed by atoms with E-state index in [4.69, 9.17) is 0 Å². The Morgan fingerprint density at radius 1 is 1.20 bits per heavy atom. The number of rotatable bonds is 0. The van der Waals surface area contributed by atoms with Crippen molar-refractivity contribution in [3.8, 4) is 0 Å². The van der Waals surface area contributed by atoms with Crippen LogP contribution in [0.1, 0.15) is 5.82 Å². The minimum Gasteiger partial charge on any atom is -0.274 e. The number of hydrogen-bond donors (Lipinski definition) is 0. The molecule has 0 N–H and O–H groups in total. The van der Waals surface area contributed by atoms with Gasteiger partial charge in [0, 0.05) is 0 Å². The average Bonchev–Trinajstić information content (AvgIpc) is 2.62. The highest BCUT2D eigenvalue weighted by Gasteiger charge is 2.11. The minimum absolute atomic E-state index is 0.172. The molecule has 0 bridgehead atoms. The van der Waals surface area contributed by atoms with Crippen molar-refractivity contribution in [2.45, 2.75) is 6.92 Å². The molecule has 0 spiro atoms. The van der Waals surface area contributed by atoms with Gasteiger partial charge in [0.15, 0.2) is 0 Å². The van der Waals surface area contributed by atoms with Crippen LogP contribution in [0.25, 0.3) is 16.7 Å². The second-order valence-corrected chi connectivity index (χ2v) is 3.30. The van der Waals surface area contributed by atoms with Gasteiger partial charge in [-0.3, -0.25) is 4.40 Å². The number of nitrogens with zero attached hydrogens (tertiary/aromatic N) is 4. The highest BCUT2D eigenvalue weighted by molar-refractivity contribution is 5.77. The first kappa shape index (κ1) is 8.28. The van der Waals surface area contributed by atoms with Crippen molar-refractivity contribution in [2.75, 3.05) is 0 Å². The molecule has 5 heteroatoms. The molecule has 15 heavy (non-hydrogen) atoms. The molecule has 0 aliphatic carbocycles. The van der Waals surface area contributed by atoms with Crippen LogP contribution in [0.15, 0.2) is 24.3 Å². The van der Waals surface area contributed by atoms with Crippen LogP contribution in [-0.2, 0) is 0 Å². The zero-order valence-electron chi connectivity index (χ0n) is 7.98. The van der Waals surface area contributed by atoms with Crippen LogP contribution in [0.5, 0.6) is 0 Å². The molecule has 3 rings (SSSR count). The molecule has 1 aromatic carbocycles. The Morgan fingerprint density at radius 2 is 2.00 bits per heavy atom. The number of hydrogen-bond acceptors (Lipinski definition) is 3. The molecule has 0 atom stereocenters. The van der Waals surface area contributed by atoms with E-state index in [9.17, 15) is 4.39 Å². The zero-order chi connectivity index (χ0) is 10.4. The number of halogens is 1. The molecule has 3 aromatic rings. The molecule has 0 saturated heterocycles. The van der Waals surface area contributed by atoms with Gasteiger partial charge in [-0.25, -0.2) is 4.98 Å². The quantitative estimate of drug-likeness (QED) is 0.557. The van der Waals surface area contributed by atoms with Crippen molar-refractivity contribution in [3.05, 3.63) is 36.0 Å². The minimum atomic E-state index is -0.589. The molecule has 0 unspecified atom stereocenters. The number of benzene rings is 1. The Labute approximate surface area is 84.4 Å². The number of aromatic nitrogens is 4. The standard InChI is InChI=1S/C10H7FN4/c1-6-13-14-10-9(11)12-7-4-2-3-5-8(7)15(6)10/h2-5H,1H3. The number of fused-ring (bicyclic) bond motifs is 3. The van der Waals surface area contributed by atoms with Crippen LogP contribution in [0.3, 0.4) is 0 Å². The first-order valence-electron chi connectivity index (χ1n) is 4.53. The lowest BCUT2D eigenvalue weighted by Crippen LogP contribution is -1.97. The van der Waals surface area contributed by atoms with E-state index in [2.05, 4.69) is 15.2 Å². The summed E-state index contributed by atoms with van der Waals surface area (Å²) in [6.07, 6.45) is 0. The summed E-state index contributed by atoms with van der Waals surface area (Å²) >= 11 is 0. The molecule has 2 heterocycles. The zero-order valence-corrected chi connectivity index (χ0v) is 7.98. The second kappa shape index (κ2) is 2.73. The first-order chi connectivity index (χ1) is 7.27. The van der Waals surface area contributed by atoms with Crippen LogP contribution >= 0.6 is 0 Å². The second-order valence-electron chi connectivity index (χ2n) is 3.30. The summed E-state index contributed by atoms with van der Waals surface area (Å²) in [5.41, 5.74) is 1.59. The maximum atomic E-state index is 13.5. The molecule has 4 nitrogen and oxygen atoms in total. The molecule has 74 valence electrons. The van der Waals surface area contributed by atoms with Crippen molar-refractivity contribution >= 4 is 16.7 Å². The predicted molar refractivity (Wildman–Crippen MR) is 53.0 cm³/mol. The number of para-hydroxylation sites is 2. The third-order valence-electron chi connectivity index (χ3n) is 2.35. The first-order valence-corrected chi connectivity index (χ1v) is 4.53. The molecule has 0 fully saturated rings. The fourth-order valence-electron chi connectivity index (χ4n) is 1.69. The van der Waals surface area contributed by atoms with Crippen LogP contribution in [0.4, 0.5) is 4.39 Å². The summed E-state index contributed by atoms with van der Waals surface area (Å²) in [6.45, 7) is 1.78. The SMILES string of the molecule is Cc1nnc2c(F)nc3ccccc3n12. The average molecular weight is 202 g/mol. The van der Waals surface area contributed by atoms with Gasteiger partial charge in [0.1, 0.15) is 5.82 Å². The van der Waals surface area contributed by atoms with Gasteiger partial charge in [-0.2, -0.15) is 4.39 Å². The molecular formula is C10H7FN4. The lowest BCUT2D eigenvalue weighted by Gasteiger charge is -2.01. The van der Waals surface area contributed by atoms with Crippen molar-refractivity contribution < 1.29 is 4.39 Å². The van der Waals surface area contributed by atoms with E-state index in [1.54, 1.807) is 17.4 Å². The van der Waals surface area contributed by atoms with Crippen molar-refractivity contribution in [3.63, 3.8) is 0 Å². The van der Waals surface area contributed by atoms with Gasteiger partial charge >= 0.3 is 0 Å². The lowest BCUT2D eigenvalue weighted by atomic mass is 10.3. The smallest absolute Gasteiger partial charge is 0.259 e. The molecular weight excluding hydrogens is 195 g/mol. The molecule has 0 radical (unpaired) electrons. The molecule has 0 aliphatic rings. The van der Waals surface area contributed by atoms with E-state index in [0.717, 1.165) is 5.52 Å². The van der Waals surface area contributed by atoms with Gasteiger partial charge in [0.2, 0.25) is 5.65 Å². The molecule has 0 aliphatic heterocycles. The summed E-state index contributed by atoms with van der Waals surface area (Å²) in [5.74, 6) is 0.0665. The van der Waals surface area contributed by atoms with Crippen LogP contribution in [0, 0.1) is 12.9 Å². The van der Waals surface area contributed by atoms with Gasteiger partial charge < -0.3 is 0 Å². The Bertz CT molecular complexity index is 659. The van der Waals surface area contributed by atoms with Gasteiger partial charge in [-0.05, 0) is 19.1 Å². The fraction of sp³-hybridized carbons (Fsp3) is 0.100. The monoisotopic (exact) mass is 202 g/mol. The normalized spacial score (nSPS) is 11.3. The third kappa shape index (κ3) is 1.03. The van der Waals surface area contributed by atoms with Gasteiger partial charge in [0.05, 0.1) is 11.0 Å². The van der Waals surface area contributed by atoms with Gasteiger partial charge in [-0.1, -0.05) is 12.1 Å². The fourth-order valence-corrected chi connectivity index (χ4v) is 1.69. The summed E-state index contributed by atoms with van der Waals surface area (Å²) in [7, 11) is 0. The maximum Gasteiger partial charge on any atom is 0.259 e. The van der Waals surface area contributed by atoms with Crippen LogP contribution in [-0.4, -0.2) is 19.6 Å². The lowest BCUT2D eigenvalue weighted by molar-refractivity contribution is 0.591. The van der Waals surface area contributed by atoms with Gasteiger partial charge in [-0.15, -0.1) is 10.2 Å². The molecule has 2 aromatic heterocycles. The summed E-state index contributed by atoms with van der Waals surface area (Å²) in [4.78, 5) is 3.83. The van der Waals surface area contributed by atoms with Crippen molar-refractivity contribution in [1.29, 1.82) is 0 Å². The van der Waals surface area contributed by atoms with E-state index in [1.807, 2.05) is 18.2 Å². The highest BCUT2D eigenvalue weighted by atomic mass is 19.1. The summed E-state index contributed by atoms with van der Waals surface area (Å²) in [5, 5.41) is 7.58. The largest absolute Gasteiger partial charge is 0.274 e. The Hall–Kier alpha value is -2.04. The van der Waals surface area contributed by atoms with Crippen LogP contribution in [0.2, 0.25) is 0 Å². The van der Waals surface area contributed by atoms with Crippen molar-refractivity contribution in [1.82, 2.24) is 19.6 Å². The maximum absolute atomic E-state index is 13.5. The predicted octanol–water partition coefficient (Wildman–Crippen LogP) is 1.73. The Kier molecular flexibility index (Phi) is 1.50. The molecule has 0 amide bonds. The third-order valence-corrected chi connectivity index (χ3v) is 2.35. The van der Waals surface area contributed by atoms with E-state index >= 15 is 0 Å². The van der Waals surface area contributed by atoms with Crippen LogP contribution < -0.4 is 0 Å². The Morgan fingerprint density at radius 3 is 2.87 bits per heavy atom. The highest BCUT2D eigenvalue weighted by Crippen LogP contribution is 2.16.